The van der Waals surface area contributed by atoms with E-state index in [1.54, 1.807) is 6.07 Å². The van der Waals surface area contributed by atoms with Crippen LogP contribution in [-0.4, -0.2) is 18.8 Å². The maximum atomic E-state index is 13.1. The van der Waals surface area contributed by atoms with Gasteiger partial charge in [0.15, 0.2) is 6.23 Å². The van der Waals surface area contributed by atoms with Gasteiger partial charge in [0.25, 0.3) is 0 Å². The molecule has 2 aliphatic rings. The minimum absolute atomic E-state index is 0.0215. The van der Waals surface area contributed by atoms with Gasteiger partial charge in [0.05, 0.1) is 5.69 Å². The van der Waals surface area contributed by atoms with Gasteiger partial charge in [-0.1, -0.05) is 0 Å². The first-order valence-electron chi connectivity index (χ1n) is 6.18. The molecule has 3 nitrogen and oxygen atoms in total. The molecule has 0 spiro atoms. The van der Waals surface area contributed by atoms with Crippen molar-refractivity contribution in [2.24, 2.45) is 5.92 Å². The Kier molecular flexibility index (Phi) is 2.67. The number of rotatable bonds is 1. The molecule has 3 atom stereocenters. The smallest absolute Gasteiger partial charge is 0.174 e. The molecule has 1 aromatic rings. The average Bonchev–Trinajstić information content (AvgIpc) is 2.72. The molecule has 0 saturated carbocycles. The van der Waals surface area contributed by atoms with Crippen molar-refractivity contribution in [1.29, 1.82) is 0 Å². The standard InChI is InChI=1S/C13H17FN2O/c1-8-2-3-9(7-15-8)13-16-11-5-4-10(14)6-12(11)17-13/h4-6,8-9,13,15-16H,2-3,7H2,1H3/t8-,9?,13?/m1/s1. The molecule has 0 aromatic heterocycles. The highest BCUT2D eigenvalue weighted by Crippen LogP contribution is 2.35. The van der Waals surface area contributed by atoms with Crippen molar-refractivity contribution in [3.8, 4) is 5.75 Å². The molecule has 2 N–H and O–H groups in total. The monoisotopic (exact) mass is 236 g/mol. The van der Waals surface area contributed by atoms with E-state index in [1.165, 1.54) is 12.1 Å². The highest BCUT2D eigenvalue weighted by atomic mass is 19.1. The third-order valence-corrected chi connectivity index (χ3v) is 3.62. The summed E-state index contributed by atoms with van der Waals surface area (Å²) in [5, 5.41) is 6.77. The predicted molar refractivity (Wildman–Crippen MR) is 64.6 cm³/mol. The van der Waals surface area contributed by atoms with Gasteiger partial charge in [0.2, 0.25) is 0 Å². The molecule has 3 rings (SSSR count). The van der Waals surface area contributed by atoms with Crippen molar-refractivity contribution in [2.75, 3.05) is 11.9 Å². The number of nitrogens with one attached hydrogen (secondary N) is 2. The summed E-state index contributed by atoms with van der Waals surface area (Å²) in [6.45, 7) is 3.15. The summed E-state index contributed by atoms with van der Waals surface area (Å²) in [5.41, 5.74) is 0.898. The summed E-state index contributed by atoms with van der Waals surface area (Å²) in [5.74, 6) is 0.830. The molecule has 0 amide bonds. The first-order valence-corrected chi connectivity index (χ1v) is 6.18. The number of piperidine rings is 1. The van der Waals surface area contributed by atoms with E-state index in [9.17, 15) is 4.39 Å². The van der Waals surface area contributed by atoms with E-state index in [0.29, 0.717) is 17.7 Å². The van der Waals surface area contributed by atoms with E-state index in [0.717, 1.165) is 25.1 Å². The normalized spacial score (nSPS) is 31.5. The van der Waals surface area contributed by atoms with Gasteiger partial charge in [-0.3, -0.25) is 0 Å². The minimum Gasteiger partial charge on any atom is -0.468 e. The maximum absolute atomic E-state index is 13.1. The van der Waals surface area contributed by atoms with E-state index in [1.807, 2.05) is 0 Å². The molecule has 0 aliphatic carbocycles. The highest BCUT2D eigenvalue weighted by molar-refractivity contribution is 5.60. The molecule has 1 saturated heterocycles. The van der Waals surface area contributed by atoms with Crippen LogP contribution in [0.25, 0.3) is 0 Å². The summed E-state index contributed by atoms with van der Waals surface area (Å²) in [7, 11) is 0. The third-order valence-electron chi connectivity index (χ3n) is 3.62. The fraction of sp³-hybridized carbons (Fsp3) is 0.538. The Labute approximate surface area is 100 Å². The van der Waals surface area contributed by atoms with Gasteiger partial charge in [-0.15, -0.1) is 0 Å². The van der Waals surface area contributed by atoms with Gasteiger partial charge in [-0.25, -0.2) is 4.39 Å². The third kappa shape index (κ3) is 2.09. The zero-order valence-electron chi connectivity index (χ0n) is 9.87. The van der Waals surface area contributed by atoms with Gasteiger partial charge in [0.1, 0.15) is 11.6 Å². The Morgan fingerprint density at radius 1 is 1.35 bits per heavy atom. The Hall–Kier alpha value is -1.29. The van der Waals surface area contributed by atoms with Crippen molar-refractivity contribution in [3.05, 3.63) is 24.0 Å². The van der Waals surface area contributed by atoms with Gasteiger partial charge < -0.3 is 15.4 Å². The van der Waals surface area contributed by atoms with Crippen LogP contribution in [0.15, 0.2) is 18.2 Å². The average molecular weight is 236 g/mol. The van der Waals surface area contributed by atoms with Crippen LogP contribution in [0.4, 0.5) is 10.1 Å². The molecule has 2 heterocycles. The highest BCUT2D eigenvalue weighted by Gasteiger charge is 2.32. The number of hydrogen-bond donors (Lipinski definition) is 2. The van der Waals surface area contributed by atoms with Gasteiger partial charge in [-0.2, -0.15) is 0 Å². The number of anilines is 1. The van der Waals surface area contributed by atoms with E-state index >= 15 is 0 Å². The number of ether oxygens (including phenoxy) is 1. The summed E-state index contributed by atoms with van der Waals surface area (Å²) in [4.78, 5) is 0. The summed E-state index contributed by atoms with van der Waals surface area (Å²) in [6, 6.07) is 5.23. The van der Waals surface area contributed by atoms with Gasteiger partial charge in [-0.05, 0) is 31.9 Å². The van der Waals surface area contributed by atoms with Crippen LogP contribution in [0.2, 0.25) is 0 Å². The lowest BCUT2D eigenvalue weighted by Gasteiger charge is -2.31. The Morgan fingerprint density at radius 3 is 3.00 bits per heavy atom. The quantitative estimate of drug-likeness (QED) is 0.785. The molecule has 0 bridgehead atoms. The minimum atomic E-state index is -0.249. The molecule has 1 aromatic carbocycles. The molecule has 4 heteroatoms. The summed E-state index contributed by atoms with van der Waals surface area (Å²) in [6.07, 6.45) is 2.28. The van der Waals surface area contributed by atoms with Crippen LogP contribution in [-0.2, 0) is 0 Å². The van der Waals surface area contributed by atoms with Crippen LogP contribution in [0.5, 0.6) is 5.75 Å². The van der Waals surface area contributed by atoms with Gasteiger partial charge >= 0.3 is 0 Å². The Bertz CT molecular complexity index is 416. The Balaban J connectivity index is 1.69. The van der Waals surface area contributed by atoms with Crippen molar-refractivity contribution < 1.29 is 9.13 Å². The lowest BCUT2D eigenvalue weighted by molar-refractivity contribution is 0.145. The van der Waals surface area contributed by atoms with Crippen LogP contribution < -0.4 is 15.4 Å². The van der Waals surface area contributed by atoms with Gasteiger partial charge in [0, 0.05) is 24.6 Å². The molecule has 1 fully saturated rings. The van der Waals surface area contributed by atoms with Crippen LogP contribution in [0, 0.1) is 11.7 Å². The lowest BCUT2D eigenvalue weighted by atomic mass is 9.94. The SMILES string of the molecule is C[C@@H]1CCC(C2Nc3ccc(F)cc3O2)CN1. The van der Waals surface area contributed by atoms with E-state index < -0.39 is 0 Å². The lowest BCUT2D eigenvalue weighted by Crippen LogP contribution is -2.44. The molecule has 17 heavy (non-hydrogen) atoms. The van der Waals surface area contributed by atoms with E-state index in [4.69, 9.17) is 4.74 Å². The number of hydrogen-bond acceptors (Lipinski definition) is 3. The van der Waals surface area contributed by atoms with Crippen molar-refractivity contribution in [1.82, 2.24) is 5.32 Å². The Morgan fingerprint density at radius 2 is 2.24 bits per heavy atom. The van der Waals surface area contributed by atoms with Crippen LogP contribution >= 0.6 is 0 Å². The second kappa shape index (κ2) is 4.18. The van der Waals surface area contributed by atoms with Crippen LogP contribution in [0.3, 0.4) is 0 Å². The first kappa shape index (κ1) is 10.8. The first-order chi connectivity index (χ1) is 8.22. The molecule has 2 unspecified atom stereocenters. The second-order valence-corrected chi connectivity index (χ2v) is 4.97. The second-order valence-electron chi connectivity index (χ2n) is 4.97. The van der Waals surface area contributed by atoms with Crippen molar-refractivity contribution >= 4 is 5.69 Å². The molecular weight excluding hydrogens is 219 g/mol. The number of fused-ring (bicyclic) bond motifs is 1. The zero-order chi connectivity index (χ0) is 11.8. The number of halogens is 1. The molecule has 2 aliphatic heterocycles. The van der Waals surface area contributed by atoms with Crippen molar-refractivity contribution in [3.63, 3.8) is 0 Å². The number of benzene rings is 1. The molecule has 0 radical (unpaired) electrons. The zero-order valence-corrected chi connectivity index (χ0v) is 9.87. The summed E-state index contributed by atoms with van der Waals surface area (Å²) >= 11 is 0. The largest absolute Gasteiger partial charge is 0.468 e. The van der Waals surface area contributed by atoms with E-state index in [2.05, 4.69) is 17.6 Å². The van der Waals surface area contributed by atoms with Crippen molar-refractivity contribution in [2.45, 2.75) is 32.0 Å². The fourth-order valence-electron chi connectivity index (χ4n) is 2.53. The molecule has 92 valence electrons. The predicted octanol–water partition coefficient (Wildman–Crippen LogP) is 2.34. The van der Waals surface area contributed by atoms with E-state index in [-0.39, 0.29) is 12.0 Å². The summed E-state index contributed by atoms with van der Waals surface area (Å²) < 4.78 is 18.8. The maximum Gasteiger partial charge on any atom is 0.174 e. The van der Waals surface area contributed by atoms with Crippen LogP contribution in [0.1, 0.15) is 19.8 Å². The molecular formula is C13H17FN2O. The fourth-order valence-corrected chi connectivity index (χ4v) is 2.53. The topological polar surface area (TPSA) is 33.3 Å².